The van der Waals surface area contributed by atoms with Crippen molar-refractivity contribution in [2.24, 2.45) is 0 Å². The van der Waals surface area contributed by atoms with Crippen LogP contribution in [0.4, 0.5) is 5.82 Å². The second kappa shape index (κ2) is 7.10. The van der Waals surface area contributed by atoms with E-state index in [-0.39, 0.29) is 0 Å². The Hall–Kier alpha value is -0.610. The molecule has 2 rings (SSSR count). The van der Waals surface area contributed by atoms with Crippen molar-refractivity contribution in [3.05, 3.63) is 22.8 Å². The first-order valence-electron chi connectivity index (χ1n) is 6.86. The summed E-state index contributed by atoms with van der Waals surface area (Å²) in [6, 6.07) is 6.73. The molecule has 3 nitrogen and oxygen atoms in total. The molecule has 0 aliphatic carbocycles. The first-order chi connectivity index (χ1) is 8.75. The number of hydrogen-bond donors (Lipinski definition) is 1. The number of anilines is 1. The first kappa shape index (κ1) is 13.8. The van der Waals surface area contributed by atoms with E-state index in [1.165, 1.54) is 38.8 Å². The predicted molar refractivity (Wildman–Crippen MR) is 79.9 cm³/mol. The number of aromatic nitrogens is 1. The van der Waals surface area contributed by atoms with Crippen LogP contribution in [0.25, 0.3) is 0 Å². The molecule has 0 bridgehead atoms. The van der Waals surface area contributed by atoms with Gasteiger partial charge in [-0.05, 0) is 60.8 Å². The van der Waals surface area contributed by atoms with Crippen molar-refractivity contribution in [1.29, 1.82) is 0 Å². The van der Waals surface area contributed by atoms with Crippen LogP contribution in [-0.4, -0.2) is 35.6 Å². The van der Waals surface area contributed by atoms with Crippen LogP contribution in [0.5, 0.6) is 0 Å². The van der Waals surface area contributed by atoms with E-state index < -0.39 is 0 Å². The van der Waals surface area contributed by atoms with Gasteiger partial charge < -0.3 is 10.2 Å². The highest BCUT2D eigenvalue weighted by molar-refractivity contribution is 9.10. The molecule has 100 valence electrons. The van der Waals surface area contributed by atoms with Crippen molar-refractivity contribution >= 4 is 21.7 Å². The fourth-order valence-electron chi connectivity index (χ4n) is 2.50. The summed E-state index contributed by atoms with van der Waals surface area (Å²) in [5, 5.41) is 3.37. The number of halogens is 1. The molecule has 18 heavy (non-hydrogen) atoms. The predicted octanol–water partition coefficient (Wildman–Crippen LogP) is 3.52. The van der Waals surface area contributed by atoms with E-state index in [1.807, 2.05) is 18.2 Å². The smallest absolute Gasteiger partial charge is 0.127 e. The van der Waals surface area contributed by atoms with E-state index in [1.54, 1.807) is 0 Å². The Balaban J connectivity index is 1.66. The van der Waals surface area contributed by atoms with Crippen LogP contribution in [0, 0.1) is 0 Å². The molecule has 1 unspecified atom stereocenters. The Morgan fingerprint density at radius 1 is 1.44 bits per heavy atom. The number of pyridine rings is 1. The third kappa shape index (κ3) is 4.25. The van der Waals surface area contributed by atoms with Gasteiger partial charge in [0.2, 0.25) is 0 Å². The molecule has 2 heterocycles. The number of hydrogen-bond acceptors (Lipinski definition) is 3. The van der Waals surface area contributed by atoms with Crippen molar-refractivity contribution in [1.82, 2.24) is 9.88 Å². The average Bonchev–Trinajstić information content (AvgIpc) is 2.37. The van der Waals surface area contributed by atoms with Crippen LogP contribution >= 0.6 is 15.9 Å². The third-order valence-electron chi connectivity index (χ3n) is 3.58. The van der Waals surface area contributed by atoms with Gasteiger partial charge in [0.15, 0.2) is 0 Å². The quantitative estimate of drug-likeness (QED) is 0.666. The molecule has 1 aliphatic rings. The topological polar surface area (TPSA) is 28.2 Å². The average molecular weight is 312 g/mol. The van der Waals surface area contributed by atoms with Crippen molar-refractivity contribution in [2.75, 3.05) is 25.0 Å². The maximum Gasteiger partial charge on any atom is 0.127 e. The summed E-state index contributed by atoms with van der Waals surface area (Å²) in [5.41, 5.74) is 0. The number of piperidine rings is 1. The summed E-state index contributed by atoms with van der Waals surface area (Å²) in [5.74, 6) is 0.955. The zero-order valence-electron chi connectivity index (χ0n) is 11.0. The normalized spacial score (nSPS) is 20.9. The van der Waals surface area contributed by atoms with Gasteiger partial charge in [0.25, 0.3) is 0 Å². The van der Waals surface area contributed by atoms with Gasteiger partial charge in [-0.2, -0.15) is 0 Å². The molecular weight excluding hydrogens is 290 g/mol. The van der Waals surface area contributed by atoms with Crippen LogP contribution in [-0.2, 0) is 0 Å². The standard InChI is InChI=1S/C14H22BrN3/c1-12-6-2-3-10-18(12)11-5-9-16-14-8-4-7-13(15)17-14/h4,7-8,12H,2-3,5-6,9-11H2,1H3,(H,16,17). The van der Waals surface area contributed by atoms with Crippen LogP contribution in [0.3, 0.4) is 0 Å². The summed E-state index contributed by atoms with van der Waals surface area (Å²) in [6.45, 7) is 5.81. The van der Waals surface area contributed by atoms with E-state index in [0.717, 1.165) is 23.0 Å². The summed E-state index contributed by atoms with van der Waals surface area (Å²) in [4.78, 5) is 6.98. The van der Waals surface area contributed by atoms with Gasteiger partial charge in [-0.3, -0.25) is 0 Å². The minimum absolute atomic E-state index is 0.766. The molecule has 4 heteroatoms. The lowest BCUT2D eigenvalue weighted by molar-refractivity contribution is 0.160. The summed E-state index contributed by atoms with van der Waals surface area (Å²) < 4.78 is 0.886. The first-order valence-corrected chi connectivity index (χ1v) is 7.65. The fraction of sp³-hybridized carbons (Fsp3) is 0.643. The fourth-order valence-corrected chi connectivity index (χ4v) is 2.84. The lowest BCUT2D eigenvalue weighted by atomic mass is 10.0. The molecule has 1 aromatic rings. The molecule has 1 fully saturated rings. The maximum absolute atomic E-state index is 4.36. The summed E-state index contributed by atoms with van der Waals surface area (Å²) in [6.07, 6.45) is 5.31. The van der Waals surface area contributed by atoms with Crippen molar-refractivity contribution in [2.45, 2.75) is 38.6 Å². The van der Waals surface area contributed by atoms with Crippen LogP contribution < -0.4 is 5.32 Å². The van der Waals surface area contributed by atoms with Gasteiger partial charge >= 0.3 is 0 Å². The Kier molecular flexibility index (Phi) is 5.45. The Labute approximate surface area is 118 Å². The Bertz CT molecular complexity index is 370. The largest absolute Gasteiger partial charge is 0.370 e. The monoisotopic (exact) mass is 311 g/mol. The van der Waals surface area contributed by atoms with Gasteiger partial charge in [0, 0.05) is 19.1 Å². The van der Waals surface area contributed by atoms with Crippen LogP contribution in [0.2, 0.25) is 0 Å². The molecule has 0 radical (unpaired) electrons. The highest BCUT2D eigenvalue weighted by atomic mass is 79.9. The van der Waals surface area contributed by atoms with Gasteiger partial charge in [-0.15, -0.1) is 0 Å². The minimum Gasteiger partial charge on any atom is -0.370 e. The number of nitrogens with zero attached hydrogens (tertiary/aromatic N) is 2. The van der Waals surface area contributed by atoms with Crippen LogP contribution in [0.15, 0.2) is 22.8 Å². The van der Waals surface area contributed by atoms with E-state index in [0.29, 0.717) is 0 Å². The zero-order valence-corrected chi connectivity index (χ0v) is 12.6. The minimum atomic E-state index is 0.766. The van der Waals surface area contributed by atoms with Gasteiger partial charge in [-0.25, -0.2) is 4.98 Å². The van der Waals surface area contributed by atoms with Gasteiger partial charge in [-0.1, -0.05) is 12.5 Å². The summed E-state index contributed by atoms with van der Waals surface area (Å²) >= 11 is 3.38. The van der Waals surface area contributed by atoms with E-state index in [9.17, 15) is 0 Å². The number of rotatable bonds is 5. The molecular formula is C14H22BrN3. The molecule has 0 aromatic carbocycles. The molecule has 1 saturated heterocycles. The molecule has 0 amide bonds. The SMILES string of the molecule is CC1CCCCN1CCCNc1cccc(Br)n1. The Morgan fingerprint density at radius 2 is 2.33 bits per heavy atom. The summed E-state index contributed by atoms with van der Waals surface area (Å²) in [7, 11) is 0. The number of likely N-dealkylation sites (tertiary alicyclic amines) is 1. The van der Waals surface area contributed by atoms with Gasteiger partial charge in [0.05, 0.1) is 0 Å². The lowest BCUT2D eigenvalue weighted by Crippen LogP contribution is -2.38. The molecule has 1 aliphatic heterocycles. The zero-order chi connectivity index (χ0) is 12.8. The highest BCUT2D eigenvalue weighted by Crippen LogP contribution is 2.16. The van der Waals surface area contributed by atoms with Crippen LogP contribution in [0.1, 0.15) is 32.6 Å². The lowest BCUT2D eigenvalue weighted by Gasteiger charge is -2.33. The highest BCUT2D eigenvalue weighted by Gasteiger charge is 2.16. The van der Waals surface area contributed by atoms with E-state index in [2.05, 4.69) is 38.1 Å². The molecule has 1 atom stereocenters. The van der Waals surface area contributed by atoms with Crippen molar-refractivity contribution in [3.63, 3.8) is 0 Å². The Morgan fingerprint density at radius 3 is 3.11 bits per heavy atom. The molecule has 1 N–H and O–H groups in total. The van der Waals surface area contributed by atoms with E-state index >= 15 is 0 Å². The molecule has 0 saturated carbocycles. The molecule has 1 aromatic heterocycles. The van der Waals surface area contributed by atoms with Crippen molar-refractivity contribution in [3.8, 4) is 0 Å². The van der Waals surface area contributed by atoms with Gasteiger partial charge in [0.1, 0.15) is 10.4 Å². The second-order valence-electron chi connectivity index (χ2n) is 5.01. The van der Waals surface area contributed by atoms with E-state index in [4.69, 9.17) is 0 Å². The second-order valence-corrected chi connectivity index (χ2v) is 5.82. The molecule has 0 spiro atoms. The number of nitrogens with one attached hydrogen (secondary N) is 1. The third-order valence-corrected chi connectivity index (χ3v) is 4.03. The maximum atomic E-state index is 4.36. The van der Waals surface area contributed by atoms with Crippen molar-refractivity contribution < 1.29 is 0 Å².